The Bertz CT molecular complexity index is 1340. The highest BCUT2D eigenvalue weighted by Crippen LogP contribution is 2.29. The highest BCUT2D eigenvalue weighted by Gasteiger charge is 2.15. The lowest BCUT2D eigenvalue weighted by molar-refractivity contribution is 0.583. The monoisotopic (exact) mass is 432 g/mol. The van der Waals surface area contributed by atoms with Crippen molar-refractivity contribution < 1.29 is 17.6 Å². The summed E-state index contributed by atoms with van der Waals surface area (Å²) in [6.45, 7) is 2.01. The van der Waals surface area contributed by atoms with E-state index in [2.05, 4.69) is 11.8 Å². The Kier molecular flexibility index (Phi) is 6.28. The maximum atomic E-state index is 14.7. The van der Waals surface area contributed by atoms with Gasteiger partial charge < -0.3 is 0 Å². The molecule has 0 aliphatic heterocycles. The maximum Gasteiger partial charge on any atom is 0.139 e. The molecule has 0 spiro atoms. The van der Waals surface area contributed by atoms with E-state index < -0.39 is 17.5 Å². The summed E-state index contributed by atoms with van der Waals surface area (Å²) in [7, 11) is 0. The lowest BCUT2D eigenvalue weighted by Gasteiger charge is -2.09. The molecule has 0 amide bonds. The Morgan fingerprint density at radius 2 is 1.41 bits per heavy atom. The zero-order valence-corrected chi connectivity index (χ0v) is 17.5. The van der Waals surface area contributed by atoms with Crippen LogP contribution in [0.2, 0.25) is 0 Å². The molecule has 0 fully saturated rings. The number of unbranched alkanes of at least 4 members (excludes halogenated alkanes) is 1. The number of rotatable bonds is 4. The van der Waals surface area contributed by atoms with Crippen molar-refractivity contribution in [3.05, 3.63) is 107 Å². The van der Waals surface area contributed by atoms with Crippen LogP contribution in [0.15, 0.2) is 66.7 Å². The minimum absolute atomic E-state index is 0.119. The first-order valence-electron chi connectivity index (χ1n) is 10.4. The Morgan fingerprint density at radius 3 is 2.12 bits per heavy atom. The van der Waals surface area contributed by atoms with Crippen molar-refractivity contribution in [3.63, 3.8) is 0 Å². The summed E-state index contributed by atoms with van der Waals surface area (Å²) < 4.78 is 57.1. The second-order valence-corrected chi connectivity index (χ2v) is 7.69. The average Bonchev–Trinajstić information content (AvgIpc) is 2.76. The van der Waals surface area contributed by atoms with E-state index in [1.54, 1.807) is 24.3 Å². The summed E-state index contributed by atoms with van der Waals surface area (Å²) in [5, 5.41) is 1.57. The highest BCUT2D eigenvalue weighted by atomic mass is 19.1. The third-order valence-corrected chi connectivity index (χ3v) is 5.32. The van der Waals surface area contributed by atoms with Gasteiger partial charge in [0.15, 0.2) is 0 Å². The molecular weight excluding hydrogens is 412 g/mol. The molecule has 0 aliphatic carbocycles. The van der Waals surface area contributed by atoms with Crippen molar-refractivity contribution in [3.8, 4) is 23.0 Å². The van der Waals surface area contributed by atoms with Crippen LogP contribution in [0.5, 0.6) is 0 Å². The van der Waals surface area contributed by atoms with E-state index >= 15 is 0 Å². The Labute approximate surface area is 184 Å². The normalized spacial score (nSPS) is 10.8. The second-order valence-electron chi connectivity index (χ2n) is 7.69. The average molecular weight is 432 g/mol. The number of aryl methyl sites for hydroxylation is 1. The fourth-order valence-corrected chi connectivity index (χ4v) is 3.63. The van der Waals surface area contributed by atoms with E-state index in [0.29, 0.717) is 17.5 Å². The van der Waals surface area contributed by atoms with Gasteiger partial charge in [0.05, 0.1) is 11.1 Å². The molecule has 0 unspecified atom stereocenters. The van der Waals surface area contributed by atoms with Crippen LogP contribution in [0, 0.1) is 35.1 Å². The molecule has 4 aromatic carbocycles. The summed E-state index contributed by atoms with van der Waals surface area (Å²) >= 11 is 0. The molecule has 4 aromatic rings. The van der Waals surface area contributed by atoms with Gasteiger partial charge in [-0.3, -0.25) is 0 Å². The Morgan fingerprint density at radius 1 is 0.688 bits per heavy atom. The van der Waals surface area contributed by atoms with Gasteiger partial charge in [0.2, 0.25) is 0 Å². The topological polar surface area (TPSA) is 0 Å². The summed E-state index contributed by atoms with van der Waals surface area (Å²) in [6.07, 6.45) is 2.36. The van der Waals surface area contributed by atoms with Gasteiger partial charge in [-0.15, -0.1) is 0 Å². The van der Waals surface area contributed by atoms with Crippen LogP contribution in [-0.2, 0) is 6.42 Å². The molecule has 0 aromatic heterocycles. The number of hydrogen-bond donors (Lipinski definition) is 0. The summed E-state index contributed by atoms with van der Waals surface area (Å²) in [6, 6.07) is 16.3. The third kappa shape index (κ3) is 4.68. The van der Waals surface area contributed by atoms with E-state index in [0.717, 1.165) is 29.7 Å². The first kappa shape index (κ1) is 21.6. The van der Waals surface area contributed by atoms with Gasteiger partial charge in [-0.2, -0.15) is 0 Å². The third-order valence-electron chi connectivity index (χ3n) is 5.32. The zero-order chi connectivity index (χ0) is 22.7. The van der Waals surface area contributed by atoms with Crippen LogP contribution >= 0.6 is 0 Å². The Balaban J connectivity index is 1.62. The van der Waals surface area contributed by atoms with Gasteiger partial charge in [-0.1, -0.05) is 43.4 Å². The standard InChI is InChI=1S/C28H20F4/c1-2-3-4-19-14-26(31)28(27(32)15-19)23-10-9-20(25(30)17-23)7-5-18-6-8-22-16-24(29)12-11-21(22)13-18/h6,8-17H,2-4H2,1H3. The van der Waals surface area contributed by atoms with Gasteiger partial charge in [0, 0.05) is 5.56 Å². The summed E-state index contributed by atoms with van der Waals surface area (Å²) in [5.41, 5.74) is 1.23. The molecule has 0 atom stereocenters. The zero-order valence-electron chi connectivity index (χ0n) is 17.5. The molecule has 4 heteroatoms. The van der Waals surface area contributed by atoms with Crippen LogP contribution < -0.4 is 0 Å². The molecule has 0 N–H and O–H groups in total. The molecule has 32 heavy (non-hydrogen) atoms. The Hall–Kier alpha value is -3.58. The van der Waals surface area contributed by atoms with Crippen molar-refractivity contribution in [2.24, 2.45) is 0 Å². The molecule has 0 saturated carbocycles. The van der Waals surface area contributed by atoms with E-state index in [9.17, 15) is 17.6 Å². The van der Waals surface area contributed by atoms with Gasteiger partial charge in [0.1, 0.15) is 23.3 Å². The SMILES string of the molecule is CCCCc1cc(F)c(-c2ccc(C#Cc3ccc4cc(F)ccc4c3)c(F)c2)c(F)c1. The molecular formula is C28H20F4. The van der Waals surface area contributed by atoms with E-state index in [1.807, 2.05) is 6.92 Å². The molecule has 4 rings (SSSR count). The van der Waals surface area contributed by atoms with Crippen LogP contribution in [-0.4, -0.2) is 0 Å². The van der Waals surface area contributed by atoms with E-state index in [1.165, 1.54) is 36.4 Å². The van der Waals surface area contributed by atoms with E-state index in [-0.39, 0.29) is 22.5 Å². The van der Waals surface area contributed by atoms with Crippen molar-refractivity contribution in [2.45, 2.75) is 26.2 Å². The number of halogens is 4. The lowest BCUT2D eigenvalue weighted by atomic mass is 9.99. The molecule has 0 bridgehead atoms. The fourth-order valence-electron chi connectivity index (χ4n) is 3.63. The van der Waals surface area contributed by atoms with Gasteiger partial charge in [-0.05, 0) is 83.3 Å². The number of hydrogen-bond acceptors (Lipinski definition) is 0. The predicted octanol–water partition coefficient (Wildman–Crippen LogP) is 7.81. The van der Waals surface area contributed by atoms with Crippen LogP contribution in [0.1, 0.15) is 36.5 Å². The van der Waals surface area contributed by atoms with Crippen molar-refractivity contribution in [1.29, 1.82) is 0 Å². The molecule has 0 saturated heterocycles. The highest BCUT2D eigenvalue weighted by molar-refractivity contribution is 5.84. The van der Waals surface area contributed by atoms with Crippen LogP contribution in [0.3, 0.4) is 0 Å². The van der Waals surface area contributed by atoms with Crippen molar-refractivity contribution in [2.75, 3.05) is 0 Å². The molecule has 0 heterocycles. The molecule has 0 radical (unpaired) electrons. The van der Waals surface area contributed by atoms with Crippen LogP contribution in [0.4, 0.5) is 17.6 Å². The number of benzene rings is 4. The molecule has 160 valence electrons. The first-order chi connectivity index (χ1) is 15.4. The summed E-state index contributed by atoms with van der Waals surface area (Å²) in [4.78, 5) is 0. The minimum Gasteiger partial charge on any atom is -0.207 e. The smallest absolute Gasteiger partial charge is 0.139 e. The number of fused-ring (bicyclic) bond motifs is 1. The van der Waals surface area contributed by atoms with Gasteiger partial charge >= 0.3 is 0 Å². The predicted molar refractivity (Wildman–Crippen MR) is 120 cm³/mol. The minimum atomic E-state index is -0.707. The van der Waals surface area contributed by atoms with Crippen LogP contribution in [0.25, 0.3) is 21.9 Å². The quantitative estimate of drug-likeness (QED) is 0.228. The van der Waals surface area contributed by atoms with Gasteiger partial charge in [0.25, 0.3) is 0 Å². The molecule has 0 nitrogen and oxygen atoms in total. The first-order valence-corrected chi connectivity index (χ1v) is 10.4. The van der Waals surface area contributed by atoms with Crippen molar-refractivity contribution in [1.82, 2.24) is 0 Å². The van der Waals surface area contributed by atoms with Crippen molar-refractivity contribution >= 4 is 10.8 Å². The fraction of sp³-hybridized carbons (Fsp3) is 0.143. The largest absolute Gasteiger partial charge is 0.207 e. The second kappa shape index (κ2) is 9.28. The molecule has 0 aliphatic rings. The lowest BCUT2D eigenvalue weighted by Crippen LogP contribution is -1.96. The van der Waals surface area contributed by atoms with E-state index in [4.69, 9.17) is 0 Å². The summed E-state index contributed by atoms with van der Waals surface area (Å²) in [5.74, 6) is 3.25. The van der Waals surface area contributed by atoms with Gasteiger partial charge in [-0.25, -0.2) is 17.6 Å². The maximum absolute atomic E-state index is 14.7.